The zero-order chi connectivity index (χ0) is 19.1. The molecule has 0 atom stereocenters. The summed E-state index contributed by atoms with van der Waals surface area (Å²) in [6.45, 7) is 3.37. The second-order valence-electron chi connectivity index (χ2n) is 6.27. The maximum atomic E-state index is 12.7. The molecule has 1 heterocycles. The number of rotatable bonds is 6. The maximum Gasteiger partial charge on any atom is 0.329 e. The van der Waals surface area contributed by atoms with Crippen LogP contribution in [0, 0.1) is 11.8 Å². The third-order valence-corrected chi connectivity index (χ3v) is 4.32. The van der Waals surface area contributed by atoms with E-state index in [1.54, 1.807) is 9.13 Å². The number of carbonyl (C=O) groups is 1. The summed E-state index contributed by atoms with van der Waals surface area (Å²) in [6.07, 6.45) is 1.13. The SMILES string of the molecule is CCCn1c(=O)n(CCC(=O)NCC#Cc2ccccc2)c2ccccc21. The summed E-state index contributed by atoms with van der Waals surface area (Å²) in [5.74, 6) is 5.82. The summed E-state index contributed by atoms with van der Waals surface area (Å²) in [4.78, 5) is 24.8. The van der Waals surface area contributed by atoms with Crippen LogP contribution in [0.1, 0.15) is 25.3 Å². The predicted molar refractivity (Wildman–Crippen MR) is 107 cm³/mol. The molecule has 5 heteroatoms. The molecule has 0 fully saturated rings. The Bertz CT molecular complexity index is 1040. The van der Waals surface area contributed by atoms with Crippen molar-refractivity contribution in [3.63, 3.8) is 0 Å². The van der Waals surface area contributed by atoms with Gasteiger partial charge in [-0.15, -0.1) is 0 Å². The first kappa shape index (κ1) is 18.5. The number of para-hydroxylation sites is 2. The summed E-state index contributed by atoms with van der Waals surface area (Å²) in [7, 11) is 0. The first-order valence-corrected chi connectivity index (χ1v) is 9.19. The fourth-order valence-electron chi connectivity index (χ4n) is 3.04. The second kappa shape index (κ2) is 8.91. The van der Waals surface area contributed by atoms with Crippen molar-refractivity contribution in [2.24, 2.45) is 0 Å². The van der Waals surface area contributed by atoms with Crippen LogP contribution in [0.4, 0.5) is 0 Å². The van der Waals surface area contributed by atoms with Gasteiger partial charge in [-0.1, -0.05) is 49.1 Å². The van der Waals surface area contributed by atoms with Crippen LogP contribution in [0.25, 0.3) is 11.0 Å². The lowest BCUT2D eigenvalue weighted by Crippen LogP contribution is -2.28. The first-order chi connectivity index (χ1) is 13.2. The van der Waals surface area contributed by atoms with Crippen LogP contribution in [-0.2, 0) is 17.9 Å². The van der Waals surface area contributed by atoms with E-state index in [0.717, 1.165) is 23.0 Å². The molecule has 1 amide bonds. The largest absolute Gasteiger partial charge is 0.345 e. The molecule has 0 saturated heterocycles. The maximum absolute atomic E-state index is 12.7. The van der Waals surface area contributed by atoms with Gasteiger partial charge in [-0.05, 0) is 30.7 Å². The molecule has 138 valence electrons. The average Bonchev–Trinajstić information content (AvgIpc) is 2.96. The highest BCUT2D eigenvalue weighted by Crippen LogP contribution is 2.13. The van der Waals surface area contributed by atoms with E-state index in [9.17, 15) is 9.59 Å². The first-order valence-electron chi connectivity index (χ1n) is 9.19. The van der Waals surface area contributed by atoms with Crippen molar-refractivity contribution in [1.29, 1.82) is 0 Å². The van der Waals surface area contributed by atoms with Crippen LogP contribution in [0.15, 0.2) is 59.4 Å². The summed E-state index contributed by atoms with van der Waals surface area (Å²) < 4.78 is 3.46. The summed E-state index contributed by atoms with van der Waals surface area (Å²) in [6, 6.07) is 17.3. The number of aromatic nitrogens is 2. The molecule has 0 spiro atoms. The van der Waals surface area contributed by atoms with Crippen LogP contribution >= 0.6 is 0 Å². The molecule has 0 saturated carbocycles. The van der Waals surface area contributed by atoms with Crippen LogP contribution in [0.3, 0.4) is 0 Å². The Labute approximate surface area is 158 Å². The van der Waals surface area contributed by atoms with Crippen molar-refractivity contribution in [3.8, 4) is 11.8 Å². The smallest absolute Gasteiger partial charge is 0.329 e. The number of nitrogens with one attached hydrogen (secondary N) is 1. The summed E-state index contributed by atoms with van der Waals surface area (Å²) in [5, 5.41) is 2.79. The Morgan fingerprint density at radius 2 is 1.59 bits per heavy atom. The Morgan fingerprint density at radius 3 is 2.26 bits per heavy atom. The highest BCUT2D eigenvalue weighted by molar-refractivity contribution is 5.78. The van der Waals surface area contributed by atoms with Gasteiger partial charge in [-0.3, -0.25) is 13.9 Å². The number of hydrogen-bond acceptors (Lipinski definition) is 2. The lowest BCUT2D eigenvalue weighted by Gasteiger charge is -2.03. The zero-order valence-corrected chi connectivity index (χ0v) is 15.4. The Morgan fingerprint density at radius 1 is 0.963 bits per heavy atom. The van der Waals surface area contributed by atoms with E-state index in [0.29, 0.717) is 19.6 Å². The van der Waals surface area contributed by atoms with Gasteiger partial charge < -0.3 is 5.32 Å². The minimum absolute atomic E-state index is 0.0604. The number of carbonyl (C=O) groups excluding carboxylic acids is 1. The molecular weight excluding hydrogens is 338 g/mol. The number of benzene rings is 2. The van der Waals surface area contributed by atoms with E-state index >= 15 is 0 Å². The van der Waals surface area contributed by atoms with E-state index in [1.165, 1.54) is 0 Å². The molecule has 1 N–H and O–H groups in total. The van der Waals surface area contributed by atoms with Gasteiger partial charge >= 0.3 is 5.69 Å². The highest BCUT2D eigenvalue weighted by atomic mass is 16.2. The molecule has 0 aliphatic rings. The van der Waals surface area contributed by atoms with Crippen molar-refractivity contribution in [3.05, 3.63) is 70.6 Å². The lowest BCUT2D eigenvalue weighted by molar-refractivity contribution is -0.121. The molecule has 3 aromatic rings. The number of imidazole rings is 1. The molecule has 0 radical (unpaired) electrons. The molecule has 5 nitrogen and oxygen atoms in total. The van der Waals surface area contributed by atoms with Gasteiger partial charge in [0.1, 0.15) is 0 Å². The summed E-state index contributed by atoms with van der Waals surface area (Å²) in [5.41, 5.74) is 2.64. The van der Waals surface area contributed by atoms with E-state index in [1.807, 2.05) is 61.5 Å². The number of nitrogens with zero attached hydrogens (tertiary/aromatic N) is 2. The third-order valence-electron chi connectivity index (χ3n) is 4.32. The molecule has 2 aromatic carbocycles. The van der Waals surface area contributed by atoms with Crippen molar-refractivity contribution in [1.82, 2.24) is 14.5 Å². The number of aryl methyl sites for hydroxylation is 2. The van der Waals surface area contributed by atoms with Crippen LogP contribution in [0.2, 0.25) is 0 Å². The molecule has 0 bridgehead atoms. The third kappa shape index (κ3) is 4.48. The fourth-order valence-corrected chi connectivity index (χ4v) is 3.04. The Balaban J connectivity index is 1.62. The Kier molecular flexibility index (Phi) is 6.11. The van der Waals surface area contributed by atoms with Gasteiger partial charge in [0.15, 0.2) is 0 Å². The molecule has 0 aliphatic carbocycles. The lowest BCUT2D eigenvalue weighted by atomic mass is 10.2. The zero-order valence-electron chi connectivity index (χ0n) is 15.4. The average molecular weight is 361 g/mol. The van der Waals surface area contributed by atoms with Crippen molar-refractivity contribution in [2.75, 3.05) is 6.54 Å². The molecule has 0 aliphatic heterocycles. The van der Waals surface area contributed by atoms with Gasteiger partial charge in [0, 0.05) is 25.1 Å². The molecule has 1 aromatic heterocycles. The number of fused-ring (bicyclic) bond motifs is 1. The van der Waals surface area contributed by atoms with Crippen LogP contribution in [-0.4, -0.2) is 21.6 Å². The van der Waals surface area contributed by atoms with E-state index < -0.39 is 0 Å². The number of amides is 1. The van der Waals surface area contributed by atoms with E-state index in [-0.39, 0.29) is 18.0 Å². The van der Waals surface area contributed by atoms with Gasteiger partial charge in [0.2, 0.25) is 5.91 Å². The molecule has 27 heavy (non-hydrogen) atoms. The van der Waals surface area contributed by atoms with Gasteiger partial charge in [0.05, 0.1) is 17.6 Å². The van der Waals surface area contributed by atoms with Gasteiger partial charge in [-0.25, -0.2) is 4.79 Å². The van der Waals surface area contributed by atoms with E-state index in [4.69, 9.17) is 0 Å². The Hall–Kier alpha value is -3.26. The minimum atomic E-state index is -0.114. The minimum Gasteiger partial charge on any atom is -0.345 e. The highest BCUT2D eigenvalue weighted by Gasteiger charge is 2.12. The van der Waals surface area contributed by atoms with E-state index in [2.05, 4.69) is 17.2 Å². The van der Waals surface area contributed by atoms with Crippen LogP contribution < -0.4 is 11.0 Å². The second-order valence-corrected chi connectivity index (χ2v) is 6.27. The predicted octanol–water partition coefficient (Wildman–Crippen LogP) is 2.77. The topological polar surface area (TPSA) is 56.0 Å². The quantitative estimate of drug-likeness (QED) is 0.687. The molecular formula is C22H23N3O2. The normalized spacial score (nSPS) is 10.4. The van der Waals surface area contributed by atoms with Gasteiger partial charge in [-0.2, -0.15) is 0 Å². The summed E-state index contributed by atoms with van der Waals surface area (Å²) >= 11 is 0. The fraction of sp³-hybridized carbons (Fsp3) is 0.273. The van der Waals surface area contributed by atoms with Crippen molar-refractivity contribution >= 4 is 16.9 Å². The molecule has 0 unspecified atom stereocenters. The van der Waals surface area contributed by atoms with Crippen LogP contribution in [0.5, 0.6) is 0 Å². The number of hydrogen-bond donors (Lipinski definition) is 1. The van der Waals surface area contributed by atoms with Crippen molar-refractivity contribution in [2.45, 2.75) is 32.9 Å². The molecule has 3 rings (SSSR count). The van der Waals surface area contributed by atoms with Gasteiger partial charge in [0.25, 0.3) is 0 Å². The monoisotopic (exact) mass is 361 g/mol. The van der Waals surface area contributed by atoms with Crippen molar-refractivity contribution < 1.29 is 4.79 Å². The standard InChI is InChI=1S/C22H23N3O2/c1-2-16-24-19-12-6-7-13-20(19)25(22(24)27)17-14-21(26)23-15-8-11-18-9-4-3-5-10-18/h3-7,9-10,12-13H,2,14-17H2,1H3,(H,23,26).